The van der Waals surface area contributed by atoms with Gasteiger partial charge in [0.2, 0.25) is 10.0 Å². The molecule has 0 radical (unpaired) electrons. The summed E-state index contributed by atoms with van der Waals surface area (Å²) in [7, 11) is -3.74. The molecule has 0 heterocycles. The molecule has 5 N–H and O–H groups in total. The van der Waals surface area contributed by atoms with E-state index in [1.807, 2.05) is 0 Å². The first kappa shape index (κ1) is 13.2. The second-order valence-corrected chi connectivity index (χ2v) is 6.85. The maximum Gasteiger partial charge on any atom is 0.240 e. The Morgan fingerprint density at radius 3 is 2.50 bits per heavy atom. The quantitative estimate of drug-likeness (QED) is 0.722. The van der Waals surface area contributed by atoms with Crippen molar-refractivity contribution in [2.45, 2.75) is 31.1 Å². The lowest BCUT2D eigenvalue weighted by molar-refractivity contribution is 0.180. The fourth-order valence-electron chi connectivity index (χ4n) is 2.19. The minimum absolute atomic E-state index is 0.0251. The van der Waals surface area contributed by atoms with Gasteiger partial charge in [0.15, 0.2) is 0 Å². The van der Waals surface area contributed by atoms with Crippen LogP contribution in [0.25, 0.3) is 0 Å². The summed E-state index contributed by atoms with van der Waals surface area (Å²) in [5.41, 5.74) is 7.06. The van der Waals surface area contributed by atoms with Crippen LogP contribution in [0.15, 0.2) is 23.1 Å². The number of sulfonamides is 1. The van der Waals surface area contributed by atoms with Crippen LogP contribution in [-0.2, 0) is 10.0 Å². The topological polar surface area (TPSA) is 98.2 Å². The molecule has 1 aliphatic rings. The zero-order valence-electron chi connectivity index (χ0n) is 10.4. The third-order valence-electron chi connectivity index (χ3n) is 3.60. The molecule has 1 aromatic rings. The maximum absolute atomic E-state index is 11.2. The van der Waals surface area contributed by atoms with Crippen molar-refractivity contribution >= 4 is 21.4 Å². The van der Waals surface area contributed by atoms with Gasteiger partial charge in [-0.2, -0.15) is 0 Å². The SMILES string of the molecule is CC1(CNc2ccc(S(N)(=O)=O)c(N)c2)CCC1. The van der Waals surface area contributed by atoms with Gasteiger partial charge in [0.25, 0.3) is 0 Å². The highest BCUT2D eigenvalue weighted by atomic mass is 32.2. The minimum atomic E-state index is -3.74. The maximum atomic E-state index is 11.2. The number of primary sulfonamides is 1. The molecule has 0 saturated heterocycles. The van der Waals surface area contributed by atoms with Crippen molar-refractivity contribution in [3.63, 3.8) is 0 Å². The molecule has 0 amide bonds. The fourth-order valence-corrected chi connectivity index (χ4v) is 2.84. The molecule has 6 heteroatoms. The lowest BCUT2D eigenvalue weighted by Crippen LogP contribution is -2.33. The standard InChI is InChI=1S/C12H19N3O2S/c1-12(5-2-6-12)8-15-9-3-4-11(10(13)7-9)18(14,16)17/h3-4,7,15H,2,5-6,8,13H2,1H3,(H2,14,16,17). The molecule has 1 aliphatic carbocycles. The van der Waals surface area contributed by atoms with Crippen LogP contribution in [0, 0.1) is 5.41 Å². The van der Waals surface area contributed by atoms with Crippen LogP contribution in [0.4, 0.5) is 11.4 Å². The fraction of sp³-hybridized carbons (Fsp3) is 0.500. The molecule has 0 bridgehead atoms. The smallest absolute Gasteiger partial charge is 0.240 e. The van der Waals surface area contributed by atoms with Crippen LogP contribution in [0.1, 0.15) is 26.2 Å². The average molecular weight is 269 g/mol. The van der Waals surface area contributed by atoms with Crippen molar-refractivity contribution in [2.75, 3.05) is 17.6 Å². The summed E-state index contributed by atoms with van der Waals surface area (Å²) in [4.78, 5) is -0.0251. The molecule has 1 aromatic carbocycles. The molecule has 5 nitrogen and oxygen atoms in total. The third kappa shape index (κ3) is 2.76. The summed E-state index contributed by atoms with van der Waals surface area (Å²) in [6.07, 6.45) is 3.74. The second kappa shape index (κ2) is 4.44. The molecule has 2 rings (SSSR count). The normalized spacial score (nSPS) is 18.1. The van der Waals surface area contributed by atoms with E-state index >= 15 is 0 Å². The second-order valence-electron chi connectivity index (χ2n) is 5.32. The molecule has 0 spiro atoms. The van der Waals surface area contributed by atoms with Gasteiger partial charge in [-0.25, -0.2) is 13.6 Å². The first-order chi connectivity index (χ1) is 8.30. The predicted molar refractivity (Wildman–Crippen MR) is 72.7 cm³/mol. The Hall–Kier alpha value is -1.27. The predicted octanol–water partition coefficient (Wildman–Crippen LogP) is 1.52. The Bertz CT molecular complexity index is 550. The Morgan fingerprint density at radius 2 is 2.06 bits per heavy atom. The van der Waals surface area contributed by atoms with Gasteiger partial charge < -0.3 is 11.1 Å². The number of hydrogen-bond acceptors (Lipinski definition) is 4. The van der Waals surface area contributed by atoms with E-state index in [9.17, 15) is 8.42 Å². The summed E-state index contributed by atoms with van der Waals surface area (Å²) in [6.45, 7) is 3.12. The van der Waals surface area contributed by atoms with Crippen molar-refractivity contribution in [3.05, 3.63) is 18.2 Å². The zero-order valence-corrected chi connectivity index (χ0v) is 11.3. The average Bonchev–Trinajstić information content (AvgIpc) is 2.22. The highest BCUT2D eigenvalue weighted by Gasteiger charge is 2.31. The summed E-state index contributed by atoms with van der Waals surface area (Å²) in [5.74, 6) is 0. The van der Waals surface area contributed by atoms with E-state index in [4.69, 9.17) is 10.9 Å². The third-order valence-corrected chi connectivity index (χ3v) is 4.58. The highest BCUT2D eigenvalue weighted by molar-refractivity contribution is 7.89. The van der Waals surface area contributed by atoms with Crippen molar-refractivity contribution in [2.24, 2.45) is 10.6 Å². The number of rotatable bonds is 4. The van der Waals surface area contributed by atoms with Gasteiger partial charge >= 0.3 is 0 Å². The lowest BCUT2D eigenvalue weighted by atomic mass is 9.70. The van der Waals surface area contributed by atoms with Crippen LogP contribution >= 0.6 is 0 Å². The van der Waals surface area contributed by atoms with E-state index in [0.29, 0.717) is 5.41 Å². The minimum Gasteiger partial charge on any atom is -0.398 e. The first-order valence-corrected chi connectivity index (χ1v) is 7.51. The van der Waals surface area contributed by atoms with Gasteiger partial charge in [-0.05, 0) is 36.5 Å². The molecule has 1 fully saturated rings. The van der Waals surface area contributed by atoms with E-state index in [1.54, 1.807) is 12.1 Å². The van der Waals surface area contributed by atoms with Crippen molar-refractivity contribution in [1.29, 1.82) is 0 Å². The lowest BCUT2D eigenvalue weighted by Gasteiger charge is -2.38. The number of anilines is 2. The van der Waals surface area contributed by atoms with E-state index in [-0.39, 0.29) is 10.6 Å². The molecule has 0 aromatic heterocycles. The Balaban J connectivity index is 2.09. The van der Waals surface area contributed by atoms with Crippen LogP contribution < -0.4 is 16.2 Å². The van der Waals surface area contributed by atoms with E-state index < -0.39 is 10.0 Å². The number of nitrogens with two attached hydrogens (primary N) is 2. The van der Waals surface area contributed by atoms with Gasteiger partial charge in [-0.15, -0.1) is 0 Å². The van der Waals surface area contributed by atoms with E-state index in [1.165, 1.54) is 25.3 Å². The molecular weight excluding hydrogens is 250 g/mol. The van der Waals surface area contributed by atoms with Gasteiger partial charge in [-0.3, -0.25) is 0 Å². The van der Waals surface area contributed by atoms with Crippen molar-refractivity contribution in [3.8, 4) is 0 Å². The van der Waals surface area contributed by atoms with Gasteiger partial charge in [0.05, 0.1) is 5.69 Å². The van der Waals surface area contributed by atoms with Crippen LogP contribution in [-0.4, -0.2) is 15.0 Å². The number of nitrogen functional groups attached to an aromatic ring is 1. The van der Waals surface area contributed by atoms with Gasteiger partial charge in [-0.1, -0.05) is 13.3 Å². The number of hydrogen-bond donors (Lipinski definition) is 3. The van der Waals surface area contributed by atoms with Gasteiger partial charge in [0.1, 0.15) is 4.90 Å². The van der Waals surface area contributed by atoms with Crippen LogP contribution in [0.3, 0.4) is 0 Å². The number of benzene rings is 1. The Labute approximate surface area is 108 Å². The molecule has 0 aliphatic heterocycles. The molecule has 18 heavy (non-hydrogen) atoms. The first-order valence-electron chi connectivity index (χ1n) is 5.96. The van der Waals surface area contributed by atoms with Crippen LogP contribution in [0.5, 0.6) is 0 Å². The Kier molecular flexibility index (Phi) is 3.25. The summed E-state index contributed by atoms with van der Waals surface area (Å²) in [6, 6.07) is 4.75. The molecule has 0 atom stereocenters. The zero-order chi connectivity index (χ0) is 13.4. The number of nitrogens with one attached hydrogen (secondary N) is 1. The molecule has 0 unspecified atom stereocenters. The monoisotopic (exact) mass is 269 g/mol. The molecular formula is C12H19N3O2S. The molecule has 100 valence electrons. The summed E-state index contributed by atoms with van der Waals surface area (Å²) >= 11 is 0. The van der Waals surface area contributed by atoms with E-state index in [2.05, 4.69) is 12.2 Å². The van der Waals surface area contributed by atoms with Crippen molar-refractivity contribution in [1.82, 2.24) is 0 Å². The van der Waals surface area contributed by atoms with Crippen molar-refractivity contribution < 1.29 is 8.42 Å². The molecule has 1 saturated carbocycles. The summed E-state index contributed by atoms with van der Waals surface area (Å²) < 4.78 is 22.4. The Morgan fingerprint density at radius 1 is 1.39 bits per heavy atom. The summed E-state index contributed by atoms with van der Waals surface area (Å²) in [5, 5.41) is 8.34. The highest BCUT2D eigenvalue weighted by Crippen LogP contribution is 2.40. The van der Waals surface area contributed by atoms with E-state index in [0.717, 1.165) is 12.2 Å². The largest absolute Gasteiger partial charge is 0.398 e. The van der Waals surface area contributed by atoms with Crippen LogP contribution in [0.2, 0.25) is 0 Å². The van der Waals surface area contributed by atoms with Gasteiger partial charge in [0, 0.05) is 12.2 Å².